The van der Waals surface area contributed by atoms with Gasteiger partial charge in [-0.05, 0) is 25.3 Å². The Morgan fingerprint density at radius 1 is 1.18 bits per heavy atom. The predicted octanol–water partition coefficient (Wildman–Crippen LogP) is 2.12. The minimum absolute atomic E-state index is 0.0844. The number of benzene rings is 1. The summed E-state index contributed by atoms with van der Waals surface area (Å²) in [6.45, 7) is 2.27. The van der Waals surface area contributed by atoms with Gasteiger partial charge in [0.1, 0.15) is 18.7 Å². The predicted molar refractivity (Wildman–Crippen MR) is 146 cm³/mol. The van der Waals surface area contributed by atoms with Crippen molar-refractivity contribution >= 4 is 53.1 Å². The zero-order valence-corrected chi connectivity index (χ0v) is 23.6. The molecule has 2 saturated heterocycles. The zero-order chi connectivity index (χ0) is 27.5. The molecule has 1 aromatic carbocycles. The number of aliphatic carboxylic acids is 1. The molecule has 0 radical (unpaired) electrons. The summed E-state index contributed by atoms with van der Waals surface area (Å²) in [6.07, 6.45) is 1.37. The fourth-order valence-corrected chi connectivity index (χ4v) is 8.27. The van der Waals surface area contributed by atoms with Gasteiger partial charge in [0, 0.05) is 36.0 Å². The molecule has 212 valence electrons. The summed E-state index contributed by atoms with van der Waals surface area (Å²) in [7, 11) is 0. The highest BCUT2D eigenvalue weighted by molar-refractivity contribution is 8.21. The molecule has 2 aliphatic rings. The van der Waals surface area contributed by atoms with E-state index in [1.807, 2.05) is 30.3 Å². The van der Waals surface area contributed by atoms with Crippen LogP contribution in [0.25, 0.3) is 0 Å². The highest BCUT2D eigenvalue weighted by Crippen LogP contribution is 2.52. The molecule has 1 aromatic rings. The average molecular weight is 590 g/mol. The van der Waals surface area contributed by atoms with Gasteiger partial charge in [0.15, 0.2) is 0 Å². The summed E-state index contributed by atoms with van der Waals surface area (Å²) in [5.74, 6) is 1.04. The van der Waals surface area contributed by atoms with Gasteiger partial charge >= 0.3 is 11.9 Å². The summed E-state index contributed by atoms with van der Waals surface area (Å²) >= 11 is 4.93. The first kappa shape index (κ1) is 31.0. The van der Waals surface area contributed by atoms with Gasteiger partial charge in [-0.3, -0.25) is 25.3 Å². The number of aryl methyl sites for hydroxylation is 1. The topological polar surface area (TPSA) is 149 Å². The van der Waals surface area contributed by atoms with Crippen LogP contribution in [0, 0.1) is 0 Å². The largest absolute Gasteiger partial charge is 0.480 e. The number of carboxylic acids is 1. The molecule has 14 heteroatoms. The molecular formula is C24H35N3O8S3. The number of amides is 1. The number of likely N-dealkylation sites (tertiary alicyclic amines) is 1. The number of thioether (sulfide) groups is 3. The first-order valence-corrected chi connectivity index (χ1v) is 15.5. The first-order chi connectivity index (χ1) is 18.2. The third kappa shape index (κ3) is 9.30. The fourth-order valence-electron chi connectivity index (χ4n) is 4.42. The third-order valence-corrected chi connectivity index (χ3v) is 10.6. The fraction of sp³-hybridized carbons (Fsp3) is 0.625. The number of ether oxygens (including phenoxy) is 1. The Hall–Kier alpha value is -1.52. The van der Waals surface area contributed by atoms with E-state index in [0.717, 1.165) is 17.1 Å². The number of esters is 1. The van der Waals surface area contributed by atoms with E-state index in [-0.39, 0.29) is 28.6 Å². The third-order valence-electron chi connectivity index (χ3n) is 6.25. The Balaban J connectivity index is 1.56. The molecule has 2 aliphatic heterocycles. The molecule has 2 heterocycles. The van der Waals surface area contributed by atoms with Crippen molar-refractivity contribution in [3.05, 3.63) is 35.9 Å². The van der Waals surface area contributed by atoms with Gasteiger partial charge < -0.3 is 14.7 Å². The second kappa shape index (κ2) is 15.3. The standard InChI is InChI=1S/C24H35N3O8S3/c1-17(25-19(22(29)30)8-7-18-5-3-2-4-6-18)21(28)26-16-24(37-13-14-38-24)15-20(26)23(31)34-9-11-36-12-10-35-27(32)33/h2-6,17,19-20,25,32-33H,7-16H2,1H3,(H,29,30). The Morgan fingerprint density at radius 3 is 2.53 bits per heavy atom. The van der Waals surface area contributed by atoms with Gasteiger partial charge in [0.2, 0.25) is 5.91 Å². The number of nitrogens with one attached hydrogen (secondary N) is 1. The second-order valence-electron chi connectivity index (χ2n) is 8.96. The SMILES string of the molecule is CC(NC(CCc1ccccc1)C(=O)O)C(=O)N1CC2(CC1C(=O)OCCSCCON(O)O)SCCS2. The summed E-state index contributed by atoms with van der Waals surface area (Å²) in [5, 5.41) is 29.4. The maximum atomic E-state index is 13.5. The minimum Gasteiger partial charge on any atom is -0.480 e. The van der Waals surface area contributed by atoms with Crippen molar-refractivity contribution in [1.82, 2.24) is 15.6 Å². The smallest absolute Gasteiger partial charge is 0.328 e. The summed E-state index contributed by atoms with van der Waals surface area (Å²) in [5.41, 5.74) is 1.02. The lowest BCUT2D eigenvalue weighted by atomic mass is 10.0. The lowest BCUT2D eigenvalue weighted by Crippen LogP contribution is -2.53. The molecule has 3 rings (SSSR count). The first-order valence-electron chi connectivity index (χ1n) is 12.4. The molecule has 1 spiro atoms. The van der Waals surface area contributed by atoms with Gasteiger partial charge in [0.05, 0.1) is 22.1 Å². The molecule has 3 atom stereocenters. The zero-order valence-electron chi connectivity index (χ0n) is 21.2. The number of hydrogen-bond acceptors (Lipinski definition) is 12. The van der Waals surface area contributed by atoms with Crippen LogP contribution < -0.4 is 5.32 Å². The summed E-state index contributed by atoms with van der Waals surface area (Å²) < 4.78 is 5.23. The molecule has 0 bridgehead atoms. The van der Waals surface area contributed by atoms with E-state index in [9.17, 15) is 19.5 Å². The van der Waals surface area contributed by atoms with Crippen molar-refractivity contribution in [2.75, 3.05) is 42.8 Å². The van der Waals surface area contributed by atoms with Gasteiger partial charge in [-0.1, -0.05) is 30.3 Å². The highest BCUT2D eigenvalue weighted by atomic mass is 32.2. The Labute approximate surface area is 234 Å². The van der Waals surface area contributed by atoms with Crippen molar-refractivity contribution in [3.63, 3.8) is 0 Å². The average Bonchev–Trinajstić information content (AvgIpc) is 3.52. The summed E-state index contributed by atoms with van der Waals surface area (Å²) in [4.78, 5) is 44.5. The maximum absolute atomic E-state index is 13.5. The Morgan fingerprint density at radius 2 is 1.87 bits per heavy atom. The Kier molecular flexibility index (Phi) is 12.5. The molecule has 2 fully saturated rings. The van der Waals surface area contributed by atoms with Crippen LogP contribution in [-0.4, -0.2) is 109 Å². The van der Waals surface area contributed by atoms with Crippen LogP contribution in [-0.2, 0) is 30.4 Å². The maximum Gasteiger partial charge on any atom is 0.328 e. The molecule has 0 aliphatic carbocycles. The minimum atomic E-state index is -1.02. The molecule has 1 amide bonds. The van der Waals surface area contributed by atoms with Gasteiger partial charge in [-0.15, -0.1) is 23.5 Å². The van der Waals surface area contributed by atoms with Crippen LogP contribution >= 0.6 is 35.3 Å². The van der Waals surface area contributed by atoms with E-state index in [1.165, 1.54) is 11.8 Å². The van der Waals surface area contributed by atoms with Crippen molar-refractivity contribution in [2.45, 2.75) is 48.4 Å². The van der Waals surface area contributed by atoms with E-state index >= 15 is 0 Å². The molecular weight excluding hydrogens is 554 g/mol. The van der Waals surface area contributed by atoms with E-state index < -0.39 is 30.1 Å². The number of rotatable bonds is 15. The van der Waals surface area contributed by atoms with Crippen LogP contribution in [0.2, 0.25) is 0 Å². The van der Waals surface area contributed by atoms with Crippen LogP contribution in [0.15, 0.2) is 30.3 Å². The van der Waals surface area contributed by atoms with Crippen molar-refractivity contribution < 1.29 is 39.5 Å². The Bertz CT molecular complexity index is 920. The summed E-state index contributed by atoms with van der Waals surface area (Å²) in [6, 6.07) is 7.16. The van der Waals surface area contributed by atoms with E-state index in [2.05, 4.69) is 10.2 Å². The lowest BCUT2D eigenvalue weighted by Gasteiger charge is -2.28. The number of carbonyl (C=O) groups excluding carboxylic acids is 2. The number of nitrogens with zero attached hydrogens (tertiary/aromatic N) is 2. The van der Waals surface area contributed by atoms with Crippen molar-refractivity contribution in [2.24, 2.45) is 0 Å². The quantitative estimate of drug-likeness (QED) is 0.135. The van der Waals surface area contributed by atoms with Gasteiger partial charge in [-0.2, -0.15) is 11.8 Å². The number of carbonyl (C=O) groups is 3. The van der Waals surface area contributed by atoms with Gasteiger partial charge in [-0.25, -0.2) is 9.63 Å². The molecule has 11 nitrogen and oxygen atoms in total. The second-order valence-corrected chi connectivity index (χ2v) is 13.4. The number of hydrogen-bond donors (Lipinski definition) is 4. The molecule has 3 unspecified atom stereocenters. The van der Waals surface area contributed by atoms with E-state index in [4.69, 9.17) is 15.2 Å². The van der Waals surface area contributed by atoms with E-state index in [1.54, 1.807) is 35.3 Å². The molecule has 0 aromatic heterocycles. The molecule has 0 saturated carbocycles. The van der Waals surface area contributed by atoms with E-state index in [0.29, 0.717) is 37.3 Å². The molecule has 4 N–H and O–H groups in total. The monoisotopic (exact) mass is 589 g/mol. The van der Waals surface area contributed by atoms with Crippen molar-refractivity contribution in [3.8, 4) is 0 Å². The van der Waals surface area contributed by atoms with Crippen LogP contribution in [0.3, 0.4) is 0 Å². The lowest BCUT2D eigenvalue weighted by molar-refractivity contribution is -0.490. The normalized spacial score (nSPS) is 20.1. The molecule has 38 heavy (non-hydrogen) atoms. The van der Waals surface area contributed by atoms with Gasteiger partial charge in [0.25, 0.3) is 0 Å². The number of carboxylic acid groups (broad SMARTS) is 1. The van der Waals surface area contributed by atoms with Crippen LogP contribution in [0.5, 0.6) is 0 Å². The highest BCUT2D eigenvalue weighted by Gasteiger charge is 2.52. The van der Waals surface area contributed by atoms with Crippen LogP contribution in [0.1, 0.15) is 25.3 Å². The van der Waals surface area contributed by atoms with Crippen LogP contribution in [0.4, 0.5) is 0 Å². The van der Waals surface area contributed by atoms with Crippen molar-refractivity contribution in [1.29, 1.82) is 0 Å².